The predicted molar refractivity (Wildman–Crippen MR) is 81.1 cm³/mol. The van der Waals surface area contributed by atoms with Gasteiger partial charge in [0.2, 0.25) is 0 Å². The van der Waals surface area contributed by atoms with E-state index in [0.29, 0.717) is 16.6 Å². The van der Waals surface area contributed by atoms with Gasteiger partial charge in [0.25, 0.3) is 0 Å². The number of anilines is 1. The molecular weight excluding hydrogens is 285 g/mol. The van der Waals surface area contributed by atoms with Crippen molar-refractivity contribution in [1.82, 2.24) is 0 Å². The first-order chi connectivity index (χ1) is 8.73. The Kier molecular flexibility index (Phi) is 5.27. The maximum Gasteiger partial charge on any atom is 0.412 e. The molecule has 5 heteroatoms. The lowest BCUT2D eigenvalue weighted by molar-refractivity contribution is 0.0636. The second-order valence-electron chi connectivity index (χ2n) is 5.06. The van der Waals surface area contributed by atoms with Crippen molar-refractivity contribution in [1.29, 1.82) is 0 Å². The molecule has 1 amide bonds. The Labute approximate surface area is 123 Å². The second kappa shape index (κ2) is 6.31. The van der Waals surface area contributed by atoms with Gasteiger partial charge in [0, 0.05) is 5.88 Å². The van der Waals surface area contributed by atoms with Crippen molar-refractivity contribution in [3.63, 3.8) is 0 Å². The van der Waals surface area contributed by atoms with E-state index in [0.717, 1.165) is 11.1 Å². The number of alkyl halides is 1. The van der Waals surface area contributed by atoms with E-state index in [1.165, 1.54) is 0 Å². The lowest BCUT2D eigenvalue weighted by Crippen LogP contribution is -2.27. The van der Waals surface area contributed by atoms with Gasteiger partial charge in [-0.1, -0.05) is 24.2 Å². The topological polar surface area (TPSA) is 38.3 Å². The molecule has 0 saturated carbocycles. The smallest absolute Gasteiger partial charge is 0.412 e. The van der Waals surface area contributed by atoms with Gasteiger partial charge in [-0.2, -0.15) is 0 Å². The number of ether oxygens (including phenoxy) is 1. The first-order valence-corrected chi connectivity index (χ1v) is 6.68. The highest BCUT2D eigenvalue weighted by Crippen LogP contribution is 2.26. The SMILES string of the molecule is C=C(CCl)c1ccc(NC(=O)OC(C)(C)C)c(Cl)c1. The molecule has 0 saturated heterocycles. The minimum atomic E-state index is -0.552. The van der Waals surface area contributed by atoms with Gasteiger partial charge in [-0.15, -0.1) is 11.6 Å². The van der Waals surface area contributed by atoms with Crippen molar-refractivity contribution in [2.24, 2.45) is 0 Å². The Morgan fingerprint density at radius 2 is 2.05 bits per heavy atom. The molecule has 19 heavy (non-hydrogen) atoms. The molecule has 0 aliphatic heterocycles. The molecule has 1 N–H and O–H groups in total. The molecule has 1 aromatic rings. The summed E-state index contributed by atoms with van der Waals surface area (Å²) in [6, 6.07) is 5.20. The fourth-order valence-electron chi connectivity index (χ4n) is 1.33. The van der Waals surface area contributed by atoms with E-state index in [1.807, 2.05) is 0 Å². The molecule has 0 radical (unpaired) electrons. The Hall–Kier alpha value is -1.19. The summed E-state index contributed by atoms with van der Waals surface area (Å²) in [6.07, 6.45) is -0.543. The maximum absolute atomic E-state index is 11.6. The van der Waals surface area contributed by atoms with Crippen molar-refractivity contribution < 1.29 is 9.53 Å². The second-order valence-corrected chi connectivity index (χ2v) is 5.73. The van der Waals surface area contributed by atoms with E-state index in [-0.39, 0.29) is 0 Å². The highest BCUT2D eigenvalue weighted by molar-refractivity contribution is 6.34. The number of halogens is 2. The van der Waals surface area contributed by atoms with Crippen molar-refractivity contribution in [2.75, 3.05) is 11.2 Å². The molecule has 3 nitrogen and oxygen atoms in total. The van der Waals surface area contributed by atoms with Crippen LogP contribution in [0.15, 0.2) is 24.8 Å². The van der Waals surface area contributed by atoms with Gasteiger partial charge >= 0.3 is 6.09 Å². The molecule has 0 bridgehead atoms. The van der Waals surface area contributed by atoms with Crippen molar-refractivity contribution >= 4 is 40.6 Å². The number of hydrogen-bond donors (Lipinski definition) is 1. The summed E-state index contributed by atoms with van der Waals surface area (Å²) in [7, 11) is 0. The van der Waals surface area contributed by atoms with Gasteiger partial charge in [-0.3, -0.25) is 5.32 Å². The summed E-state index contributed by atoms with van der Waals surface area (Å²) in [6.45, 7) is 9.20. The summed E-state index contributed by atoms with van der Waals surface area (Å²) in [5.41, 5.74) is 1.55. The Morgan fingerprint density at radius 3 is 2.53 bits per heavy atom. The number of allylic oxidation sites excluding steroid dienone is 1. The molecule has 0 aliphatic carbocycles. The van der Waals surface area contributed by atoms with Crippen LogP contribution < -0.4 is 5.32 Å². The van der Waals surface area contributed by atoms with Crippen LogP contribution in [0, 0.1) is 0 Å². The minimum Gasteiger partial charge on any atom is -0.444 e. The largest absolute Gasteiger partial charge is 0.444 e. The van der Waals surface area contributed by atoms with Crippen LogP contribution in [0.3, 0.4) is 0 Å². The summed E-state index contributed by atoms with van der Waals surface area (Å²) in [5, 5.41) is 3.01. The van der Waals surface area contributed by atoms with Crippen LogP contribution >= 0.6 is 23.2 Å². The maximum atomic E-state index is 11.6. The average molecular weight is 302 g/mol. The van der Waals surface area contributed by atoms with E-state index in [2.05, 4.69) is 11.9 Å². The summed E-state index contributed by atoms with van der Waals surface area (Å²) in [4.78, 5) is 11.6. The third-order valence-electron chi connectivity index (χ3n) is 2.17. The van der Waals surface area contributed by atoms with Crippen molar-refractivity contribution in [2.45, 2.75) is 26.4 Å². The van der Waals surface area contributed by atoms with Gasteiger partial charge < -0.3 is 4.74 Å². The van der Waals surface area contributed by atoms with Crippen LogP contribution in [-0.4, -0.2) is 17.6 Å². The van der Waals surface area contributed by atoms with Crippen LogP contribution in [0.1, 0.15) is 26.3 Å². The molecule has 0 atom stereocenters. The number of hydrogen-bond acceptors (Lipinski definition) is 2. The molecular formula is C14H17Cl2NO2. The van der Waals surface area contributed by atoms with Crippen LogP contribution in [0.4, 0.5) is 10.5 Å². The van der Waals surface area contributed by atoms with E-state index >= 15 is 0 Å². The Morgan fingerprint density at radius 1 is 1.42 bits per heavy atom. The van der Waals surface area contributed by atoms with E-state index in [4.69, 9.17) is 27.9 Å². The molecule has 104 valence electrons. The van der Waals surface area contributed by atoms with Gasteiger partial charge in [-0.05, 0) is 44.0 Å². The average Bonchev–Trinajstić information content (AvgIpc) is 2.28. The van der Waals surface area contributed by atoms with Crippen LogP contribution in [-0.2, 0) is 4.74 Å². The molecule has 1 rings (SSSR count). The number of carbonyl (C=O) groups excluding carboxylic acids is 1. The molecule has 0 aliphatic rings. The lowest BCUT2D eigenvalue weighted by atomic mass is 10.1. The van der Waals surface area contributed by atoms with Crippen molar-refractivity contribution in [3.8, 4) is 0 Å². The zero-order chi connectivity index (χ0) is 14.6. The summed E-state index contributed by atoms with van der Waals surface area (Å²) in [5.74, 6) is 0.329. The number of carbonyl (C=O) groups is 1. The van der Waals surface area contributed by atoms with Crippen molar-refractivity contribution in [3.05, 3.63) is 35.4 Å². The molecule has 0 heterocycles. The first-order valence-electron chi connectivity index (χ1n) is 5.76. The summed E-state index contributed by atoms with van der Waals surface area (Å²) < 4.78 is 5.15. The lowest BCUT2D eigenvalue weighted by Gasteiger charge is -2.20. The normalized spacial score (nSPS) is 11.0. The Balaban J connectivity index is 2.81. The van der Waals surface area contributed by atoms with Crippen LogP contribution in [0.2, 0.25) is 5.02 Å². The predicted octanol–water partition coefficient (Wildman–Crippen LogP) is 4.94. The number of rotatable bonds is 3. The fourth-order valence-corrected chi connectivity index (χ4v) is 1.71. The minimum absolute atomic E-state index is 0.329. The number of benzene rings is 1. The third kappa shape index (κ3) is 5.13. The fraction of sp³-hybridized carbons (Fsp3) is 0.357. The quantitative estimate of drug-likeness (QED) is 0.803. The van der Waals surface area contributed by atoms with E-state index in [1.54, 1.807) is 39.0 Å². The monoisotopic (exact) mass is 301 g/mol. The molecule has 0 aromatic heterocycles. The molecule has 0 spiro atoms. The number of amides is 1. The van der Waals surface area contributed by atoms with Gasteiger partial charge in [0.1, 0.15) is 5.60 Å². The standard InChI is InChI=1S/C14H17Cl2NO2/c1-9(8-15)10-5-6-12(11(16)7-10)17-13(18)19-14(2,3)4/h5-7H,1,8H2,2-4H3,(H,17,18). The van der Waals surface area contributed by atoms with Gasteiger partial charge in [0.05, 0.1) is 10.7 Å². The van der Waals surface area contributed by atoms with E-state index < -0.39 is 11.7 Å². The molecule has 0 fully saturated rings. The van der Waals surface area contributed by atoms with Crippen LogP contribution in [0.5, 0.6) is 0 Å². The molecule has 0 unspecified atom stereocenters. The Bertz CT molecular complexity index is 493. The third-order valence-corrected chi connectivity index (χ3v) is 2.81. The highest BCUT2D eigenvalue weighted by atomic mass is 35.5. The first kappa shape index (κ1) is 15.9. The van der Waals surface area contributed by atoms with Gasteiger partial charge in [-0.25, -0.2) is 4.79 Å². The molecule has 1 aromatic carbocycles. The van der Waals surface area contributed by atoms with Gasteiger partial charge in [0.15, 0.2) is 0 Å². The zero-order valence-electron chi connectivity index (χ0n) is 11.2. The highest BCUT2D eigenvalue weighted by Gasteiger charge is 2.17. The zero-order valence-corrected chi connectivity index (χ0v) is 12.7. The van der Waals surface area contributed by atoms with E-state index in [9.17, 15) is 4.79 Å². The summed E-state index contributed by atoms with van der Waals surface area (Å²) >= 11 is 11.8. The number of nitrogens with one attached hydrogen (secondary N) is 1. The van der Waals surface area contributed by atoms with Crippen LogP contribution in [0.25, 0.3) is 5.57 Å².